The molecule has 0 bridgehead atoms. The Bertz CT molecular complexity index is 671. The van der Waals surface area contributed by atoms with Crippen molar-refractivity contribution in [2.24, 2.45) is 0 Å². The van der Waals surface area contributed by atoms with Gasteiger partial charge >= 0.3 is 0 Å². The van der Waals surface area contributed by atoms with Gasteiger partial charge in [0.25, 0.3) is 11.6 Å². The van der Waals surface area contributed by atoms with Crippen molar-refractivity contribution < 1.29 is 9.72 Å². The van der Waals surface area contributed by atoms with E-state index in [0.29, 0.717) is 10.6 Å². The molecule has 0 saturated heterocycles. The van der Waals surface area contributed by atoms with Gasteiger partial charge in [0.2, 0.25) is 0 Å². The molecule has 0 atom stereocenters. The van der Waals surface area contributed by atoms with E-state index in [1.54, 1.807) is 24.3 Å². The lowest BCUT2D eigenvalue weighted by atomic mass is 10.2. The molecule has 0 saturated carbocycles. The molecule has 0 fully saturated rings. The van der Waals surface area contributed by atoms with Gasteiger partial charge in [-0.3, -0.25) is 14.9 Å². The summed E-state index contributed by atoms with van der Waals surface area (Å²) in [5, 5.41) is 13.7. The number of nitrogens with one attached hydrogen (secondary N) is 1. The number of hydrogen-bond donors (Lipinski definition) is 2. The Kier molecular flexibility index (Phi) is 3.86. The minimum absolute atomic E-state index is 0.148. The van der Waals surface area contributed by atoms with E-state index in [1.807, 2.05) is 0 Å². The van der Waals surface area contributed by atoms with Crippen molar-refractivity contribution in [3.8, 4) is 0 Å². The van der Waals surface area contributed by atoms with Gasteiger partial charge in [0.1, 0.15) is 0 Å². The molecule has 0 spiro atoms. The Labute approximate surface area is 119 Å². The van der Waals surface area contributed by atoms with E-state index >= 15 is 0 Å². The summed E-state index contributed by atoms with van der Waals surface area (Å²) >= 11 is 5.73. The quantitative estimate of drug-likeness (QED) is 0.516. The lowest BCUT2D eigenvalue weighted by Gasteiger charge is -2.08. The van der Waals surface area contributed by atoms with Crippen LogP contribution in [0.5, 0.6) is 0 Å². The van der Waals surface area contributed by atoms with E-state index < -0.39 is 10.8 Å². The van der Waals surface area contributed by atoms with Crippen molar-refractivity contribution in [2.45, 2.75) is 0 Å². The van der Waals surface area contributed by atoms with E-state index in [4.69, 9.17) is 17.3 Å². The van der Waals surface area contributed by atoms with Gasteiger partial charge in [0.15, 0.2) is 0 Å². The fourth-order valence-corrected chi connectivity index (χ4v) is 1.69. The number of non-ortho nitro benzene ring substituents is 1. The SMILES string of the molecule is Nc1ccc([N+](=O)[O-])cc1NC(=O)c1ccc(Cl)cc1. The number of nitro groups is 1. The third kappa shape index (κ3) is 3.04. The maximum atomic E-state index is 12.0. The molecule has 0 unspecified atom stereocenters. The van der Waals surface area contributed by atoms with E-state index in [2.05, 4.69) is 5.32 Å². The van der Waals surface area contributed by atoms with Crippen LogP contribution in [0, 0.1) is 10.1 Å². The normalized spacial score (nSPS) is 10.1. The standard InChI is InChI=1S/C13H10ClN3O3/c14-9-3-1-8(2-4-9)13(18)16-12-7-10(17(19)20)5-6-11(12)15/h1-7H,15H2,(H,16,18). The number of hydrogen-bond acceptors (Lipinski definition) is 4. The van der Waals surface area contributed by atoms with Crippen LogP contribution in [-0.2, 0) is 0 Å². The number of amides is 1. The average Bonchev–Trinajstić information content (AvgIpc) is 2.41. The second-order valence-electron chi connectivity index (χ2n) is 3.99. The number of nitrogen functional groups attached to an aromatic ring is 1. The smallest absolute Gasteiger partial charge is 0.271 e. The van der Waals surface area contributed by atoms with Crippen LogP contribution in [0.3, 0.4) is 0 Å². The molecule has 0 radical (unpaired) electrons. The van der Waals surface area contributed by atoms with Crippen LogP contribution in [0.25, 0.3) is 0 Å². The number of nitrogens with zero attached hydrogens (tertiary/aromatic N) is 1. The van der Waals surface area contributed by atoms with E-state index in [-0.39, 0.29) is 17.1 Å². The fraction of sp³-hybridized carbons (Fsp3) is 0. The summed E-state index contributed by atoms with van der Waals surface area (Å²) in [6.07, 6.45) is 0. The van der Waals surface area contributed by atoms with Crippen LogP contribution >= 0.6 is 11.6 Å². The molecule has 6 nitrogen and oxygen atoms in total. The third-order valence-electron chi connectivity index (χ3n) is 2.60. The zero-order valence-corrected chi connectivity index (χ0v) is 10.9. The predicted octanol–water partition coefficient (Wildman–Crippen LogP) is 3.08. The maximum absolute atomic E-state index is 12.0. The number of nitrogens with two attached hydrogens (primary N) is 1. The highest BCUT2D eigenvalue weighted by atomic mass is 35.5. The molecule has 0 aliphatic rings. The van der Waals surface area contributed by atoms with Crippen LogP contribution in [-0.4, -0.2) is 10.8 Å². The summed E-state index contributed by atoms with van der Waals surface area (Å²) in [7, 11) is 0. The number of carbonyl (C=O) groups excluding carboxylic acids is 1. The van der Waals surface area contributed by atoms with Gasteiger partial charge in [-0.1, -0.05) is 11.6 Å². The summed E-state index contributed by atoms with van der Waals surface area (Å²) in [5.41, 5.74) is 6.35. The Morgan fingerprint density at radius 1 is 1.20 bits per heavy atom. The molecular formula is C13H10ClN3O3. The Hall–Kier alpha value is -2.60. The number of anilines is 2. The molecule has 1 amide bonds. The zero-order valence-electron chi connectivity index (χ0n) is 10.2. The summed E-state index contributed by atoms with van der Waals surface area (Å²) in [6, 6.07) is 10.1. The number of nitro benzene ring substituents is 1. The first-order valence-corrected chi connectivity index (χ1v) is 5.96. The Morgan fingerprint density at radius 2 is 1.85 bits per heavy atom. The average molecular weight is 292 g/mol. The topological polar surface area (TPSA) is 98.3 Å². The number of rotatable bonds is 3. The zero-order chi connectivity index (χ0) is 14.7. The summed E-state index contributed by atoms with van der Waals surface area (Å²) in [6.45, 7) is 0. The van der Waals surface area contributed by atoms with Crippen LogP contribution in [0.1, 0.15) is 10.4 Å². The minimum atomic E-state index is -0.558. The van der Waals surface area contributed by atoms with Gasteiger partial charge in [-0.2, -0.15) is 0 Å². The van der Waals surface area contributed by atoms with Gasteiger partial charge in [-0.15, -0.1) is 0 Å². The van der Waals surface area contributed by atoms with Crippen LogP contribution in [0.15, 0.2) is 42.5 Å². The molecule has 20 heavy (non-hydrogen) atoms. The molecule has 0 aliphatic heterocycles. The molecule has 0 aromatic heterocycles. The van der Waals surface area contributed by atoms with Gasteiger partial charge in [0, 0.05) is 22.7 Å². The molecule has 0 heterocycles. The van der Waals surface area contributed by atoms with E-state index in [9.17, 15) is 14.9 Å². The lowest BCUT2D eigenvalue weighted by molar-refractivity contribution is -0.384. The predicted molar refractivity (Wildman–Crippen MR) is 76.9 cm³/mol. The Balaban J connectivity index is 2.25. The van der Waals surface area contributed by atoms with Crippen molar-refractivity contribution in [1.29, 1.82) is 0 Å². The highest BCUT2D eigenvalue weighted by Crippen LogP contribution is 2.25. The monoisotopic (exact) mass is 291 g/mol. The van der Waals surface area contributed by atoms with Crippen LogP contribution < -0.4 is 11.1 Å². The highest BCUT2D eigenvalue weighted by Gasteiger charge is 2.12. The first kappa shape index (κ1) is 13.8. The van der Waals surface area contributed by atoms with Gasteiger partial charge in [-0.25, -0.2) is 0 Å². The maximum Gasteiger partial charge on any atom is 0.271 e. The van der Waals surface area contributed by atoms with Crippen molar-refractivity contribution >= 4 is 34.6 Å². The molecular weight excluding hydrogens is 282 g/mol. The van der Waals surface area contributed by atoms with Crippen molar-refractivity contribution in [3.63, 3.8) is 0 Å². The lowest BCUT2D eigenvalue weighted by Crippen LogP contribution is -2.13. The van der Waals surface area contributed by atoms with E-state index in [1.165, 1.54) is 18.2 Å². The van der Waals surface area contributed by atoms with Gasteiger partial charge in [0.05, 0.1) is 16.3 Å². The van der Waals surface area contributed by atoms with Crippen LogP contribution in [0.2, 0.25) is 5.02 Å². The molecule has 7 heteroatoms. The van der Waals surface area contributed by atoms with Crippen molar-refractivity contribution in [1.82, 2.24) is 0 Å². The first-order valence-electron chi connectivity index (χ1n) is 5.58. The largest absolute Gasteiger partial charge is 0.397 e. The third-order valence-corrected chi connectivity index (χ3v) is 2.85. The number of carbonyl (C=O) groups is 1. The fourth-order valence-electron chi connectivity index (χ4n) is 1.56. The molecule has 2 aromatic rings. The summed E-state index contributed by atoms with van der Waals surface area (Å²) < 4.78 is 0. The minimum Gasteiger partial charge on any atom is -0.397 e. The Morgan fingerprint density at radius 3 is 2.45 bits per heavy atom. The first-order chi connectivity index (χ1) is 9.47. The number of benzene rings is 2. The van der Waals surface area contributed by atoms with E-state index in [0.717, 1.165) is 0 Å². The molecule has 0 aliphatic carbocycles. The molecule has 3 N–H and O–H groups in total. The van der Waals surface area contributed by atoms with Crippen molar-refractivity contribution in [3.05, 3.63) is 63.2 Å². The number of halogens is 1. The highest BCUT2D eigenvalue weighted by molar-refractivity contribution is 6.30. The second-order valence-corrected chi connectivity index (χ2v) is 4.43. The molecule has 2 rings (SSSR count). The molecule has 2 aromatic carbocycles. The summed E-state index contributed by atoms with van der Waals surface area (Å²) in [4.78, 5) is 22.1. The van der Waals surface area contributed by atoms with Crippen molar-refractivity contribution in [2.75, 3.05) is 11.1 Å². The van der Waals surface area contributed by atoms with Gasteiger partial charge < -0.3 is 11.1 Å². The summed E-state index contributed by atoms with van der Waals surface area (Å²) in [5.74, 6) is -0.422. The molecule has 102 valence electrons. The van der Waals surface area contributed by atoms with Gasteiger partial charge in [-0.05, 0) is 30.3 Å². The van der Waals surface area contributed by atoms with Crippen LogP contribution in [0.4, 0.5) is 17.1 Å². The second kappa shape index (κ2) is 5.58.